The summed E-state index contributed by atoms with van der Waals surface area (Å²) in [6.07, 6.45) is 6.57. The Hall–Kier alpha value is -0.870. The first kappa shape index (κ1) is 14.5. The Labute approximate surface area is 115 Å². The van der Waals surface area contributed by atoms with Crippen LogP contribution in [0.2, 0.25) is 0 Å². The van der Waals surface area contributed by atoms with Crippen molar-refractivity contribution in [2.45, 2.75) is 58.6 Å². The van der Waals surface area contributed by atoms with Gasteiger partial charge in [0.1, 0.15) is 5.76 Å². The highest BCUT2D eigenvalue weighted by atomic mass is 16.5. The van der Waals surface area contributed by atoms with Crippen LogP contribution < -0.4 is 5.32 Å². The molecule has 4 nitrogen and oxygen atoms in total. The number of oxazole rings is 1. The molecule has 0 bridgehead atoms. The number of rotatable bonds is 8. The second-order valence-corrected chi connectivity index (χ2v) is 5.70. The number of aromatic nitrogens is 1. The van der Waals surface area contributed by atoms with Crippen molar-refractivity contribution in [2.75, 3.05) is 13.2 Å². The number of nitrogens with one attached hydrogen (secondary N) is 1. The van der Waals surface area contributed by atoms with E-state index in [4.69, 9.17) is 9.15 Å². The Morgan fingerprint density at radius 3 is 2.95 bits per heavy atom. The van der Waals surface area contributed by atoms with E-state index < -0.39 is 0 Å². The lowest BCUT2D eigenvalue weighted by atomic mass is 9.79. The maximum atomic E-state index is 5.78. The van der Waals surface area contributed by atoms with Crippen LogP contribution in [0.3, 0.4) is 0 Å². The van der Waals surface area contributed by atoms with Crippen molar-refractivity contribution in [3.8, 4) is 0 Å². The number of hydrogen-bond acceptors (Lipinski definition) is 4. The molecule has 0 aromatic carbocycles. The van der Waals surface area contributed by atoms with Gasteiger partial charge in [-0.15, -0.1) is 0 Å². The molecule has 2 rings (SSSR count). The summed E-state index contributed by atoms with van der Waals surface area (Å²) in [5.41, 5.74) is 0. The number of ether oxygens (including phenoxy) is 1. The molecule has 1 heterocycles. The first-order chi connectivity index (χ1) is 9.17. The number of nitrogens with zero attached hydrogens (tertiary/aromatic N) is 1. The highest BCUT2D eigenvalue weighted by Crippen LogP contribution is 2.32. The lowest BCUT2D eigenvalue weighted by Crippen LogP contribution is -2.32. The lowest BCUT2D eigenvalue weighted by Gasteiger charge is -2.34. The van der Waals surface area contributed by atoms with Crippen molar-refractivity contribution in [3.05, 3.63) is 17.8 Å². The minimum atomic E-state index is 0.479. The van der Waals surface area contributed by atoms with Crippen LogP contribution in [-0.4, -0.2) is 30.3 Å². The molecule has 1 aromatic heterocycles. The van der Waals surface area contributed by atoms with Crippen LogP contribution in [0.15, 0.2) is 10.6 Å². The topological polar surface area (TPSA) is 47.3 Å². The summed E-state index contributed by atoms with van der Waals surface area (Å²) in [6, 6.07) is 0.514. The lowest BCUT2D eigenvalue weighted by molar-refractivity contribution is -0.0252. The van der Waals surface area contributed by atoms with Crippen LogP contribution in [0, 0.1) is 5.92 Å². The molecule has 0 unspecified atom stereocenters. The third kappa shape index (κ3) is 4.62. The van der Waals surface area contributed by atoms with Crippen molar-refractivity contribution in [1.29, 1.82) is 0 Å². The minimum absolute atomic E-state index is 0.479. The molecule has 0 amide bonds. The molecule has 4 heteroatoms. The molecule has 108 valence electrons. The Morgan fingerprint density at radius 1 is 1.47 bits per heavy atom. The zero-order valence-electron chi connectivity index (χ0n) is 12.3. The number of hydrogen-bond donors (Lipinski definition) is 1. The summed E-state index contributed by atoms with van der Waals surface area (Å²) < 4.78 is 11.3. The van der Waals surface area contributed by atoms with Crippen molar-refractivity contribution in [2.24, 2.45) is 5.92 Å². The zero-order valence-corrected chi connectivity index (χ0v) is 12.3. The monoisotopic (exact) mass is 266 g/mol. The van der Waals surface area contributed by atoms with E-state index in [-0.39, 0.29) is 0 Å². The third-order valence-corrected chi connectivity index (χ3v) is 3.58. The van der Waals surface area contributed by atoms with E-state index in [0.29, 0.717) is 18.1 Å². The van der Waals surface area contributed by atoms with Gasteiger partial charge in [0, 0.05) is 32.0 Å². The fraction of sp³-hybridized carbons (Fsp3) is 0.800. The first-order valence-corrected chi connectivity index (χ1v) is 7.46. The van der Waals surface area contributed by atoms with Crippen LogP contribution in [-0.2, 0) is 17.6 Å². The molecule has 1 aliphatic rings. The highest BCUT2D eigenvalue weighted by molar-refractivity contribution is 4.98. The van der Waals surface area contributed by atoms with E-state index >= 15 is 0 Å². The summed E-state index contributed by atoms with van der Waals surface area (Å²) in [5.74, 6) is 2.59. The van der Waals surface area contributed by atoms with Gasteiger partial charge in [0.25, 0.3) is 0 Å². The van der Waals surface area contributed by atoms with Gasteiger partial charge in [0.05, 0.1) is 12.3 Å². The Bertz CT molecular complexity index is 370. The molecule has 1 saturated carbocycles. The van der Waals surface area contributed by atoms with Gasteiger partial charge in [-0.3, -0.25) is 0 Å². The van der Waals surface area contributed by atoms with Crippen molar-refractivity contribution in [1.82, 2.24) is 10.3 Å². The quantitative estimate of drug-likeness (QED) is 0.785. The van der Waals surface area contributed by atoms with Crippen LogP contribution in [0.4, 0.5) is 0 Å². The normalized spacial score (nSPS) is 22.7. The van der Waals surface area contributed by atoms with Crippen LogP contribution >= 0.6 is 0 Å². The maximum Gasteiger partial charge on any atom is 0.195 e. The average molecular weight is 266 g/mol. The van der Waals surface area contributed by atoms with Crippen LogP contribution in [0.5, 0.6) is 0 Å². The van der Waals surface area contributed by atoms with E-state index in [1.165, 1.54) is 12.8 Å². The Kier molecular flexibility index (Phi) is 5.40. The van der Waals surface area contributed by atoms with E-state index in [1.54, 1.807) is 0 Å². The van der Waals surface area contributed by atoms with Gasteiger partial charge < -0.3 is 14.5 Å². The predicted octanol–water partition coefficient (Wildman–Crippen LogP) is 2.57. The molecule has 0 spiro atoms. The Morgan fingerprint density at radius 2 is 2.26 bits per heavy atom. The second-order valence-electron chi connectivity index (χ2n) is 5.70. The van der Waals surface area contributed by atoms with E-state index in [9.17, 15) is 0 Å². The van der Waals surface area contributed by atoms with Gasteiger partial charge in [-0.05, 0) is 25.7 Å². The third-order valence-electron chi connectivity index (χ3n) is 3.58. The molecule has 1 N–H and O–H groups in total. The second kappa shape index (κ2) is 7.06. The molecule has 0 aliphatic heterocycles. The van der Waals surface area contributed by atoms with E-state index in [0.717, 1.165) is 37.6 Å². The van der Waals surface area contributed by atoms with Crippen molar-refractivity contribution < 1.29 is 9.15 Å². The molecule has 0 saturated heterocycles. The summed E-state index contributed by atoms with van der Waals surface area (Å²) in [5, 5.41) is 3.37. The molecule has 1 aliphatic carbocycles. The van der Waals surface area contributed by atoms with E-state index in [1.807, 2.05) is 6.20 Å². The van der Waals surface area contributed by atoms with Gasteiger partial charge in [0.15, 0.2) is 5.89 Å². The zero-order chi connectivity index (χ0) is 13.7. The van der Waals surface area contributed by atoms with Gasteiger partial charge in [0.2, 0.25) is 0 Å². The fourth-order valence-corrected chi connectivity index (χ4v) is 2.52. The molecule has 0 radical (unpaired) electrons. The predicted molar refractivity (Wildman–Crippen MR) is 75.2 cm³/mol. The largest absolute Gasteiger partial charge is 0.446 e. The molecule has 1 fully saturated rings. The fourth-order valence-electron chi connectivity index (χ4n) is 2.52. The van der Waals surface area contributed by atoms with Crippen molar-refractivity contribution in [3.63, 3.8) is 0 Å². The highest BCUT2D eigenvalue weighted by Gasteiger charge is 2.30. The summed E-state index contributed by atoms with van der Waals surface area (Å²) in [4.78, 5) is 4.34. The van der Waals surface area contributed by atoms with Crippen LogP contribution in [0.1, 0.15) is 45.3 Å². The Balaban J connectivity index is 1.67. The van der Waals surface area contributed by atoms with Gasteiger partial charge in [-0.2, -0.15) is 0 Å². The first-order valence-electron chi connectivity index (χ1n) is 7.46. The molecule has 0 atom stereocenters. The van der Waals surface area contributed by atoms with Gasteiger partial charge in [-0.25, -0.2) is 4.98 Å². The van der Waals surface area contributed by atoms with Crippen LogP contribution in [0.25, 0.3) is 0 Å². The standard InChI is InChI=1S/C15H26N2O2/c1-4-18-13-7-12(8-13)9-14-10-17-15(19-14)5-6-16-11(2)3/h10-13,16H,4-9H2,1-3H3. The average Bonchev–Trinajstić information content (AvgIpc) is 2.74. The summed E-state index contributed by atoms with van der Waals surface area (Å²) >= 11 is 0. The maximum absolute atomic E-state index is 5.78. The minimum Gasteiger partial charge on any atom is -0.446 e. The smallest absolute Gasteiger partial charge is 0.195 e. The summed E-state index contributed by atoms with van der Waals surface area (Å²) in [6.45, 7) is 8.10. The molecule has 19 heavy (non-hydrogen) atoms. The van der Waals surface area contributed by atoms with Gasteiger partial charge >= 0.3 is 0 Å². The van der Waals surface area contributed by atoms with E-state index in [2.05, 4.69) is 31.1 Å². The molecule has 1 aromatic rings. The van der Waals surface area contributed by atoms with Gasteiger partial charge in [-0.1, -0.05) is 13.8 Å². The molecular formula is C15H26N2O2. The van der Waals surface area contributed by atoms with Crippen molar-refractivity contribution >= 4 is 0 Å². The summed E-state index contributed by atoms with van der Waals surface area (Å²) in [7, 11) is 0. The molecular weight excluding hydrogens is 240 g/mol. The SMILES string of the molecule is CCOC1CC(Cc2cnc(CCNC(C)C)o2)C1.